The average molecular weight is 215 g/mol. The van der Waals surface area contributed by atoms with Crippen LogP contribution in [0.15, 0.2) is 12.3 Å². The molecular formula is C8H13N3O2S. The third-order valence-corrected chi connectivity index (χ3v) is 3.98. The Hall–Kier alpha value is -0.880. The standard InChI is InChI=1S/C8H13N3O2S/c1-10(2)14(12,13)11-8(5-6-9-11)7-3-4-7/h5-7H,3-4H2,1-2H3. The molecule has 0 unspecified atom stereocenters. The topological polar surface area (TPSA) is 55.2 Å². The summed E-state index contributed by atoms with van der Waals surface area (Å²) in [5.41, 5.74) is 0.804. The van der Waals surface area contributed by atoms with Crippen molar-refractivity contribution in [3.8, 4) is 0 Å². The summed E-state index contributed by atoms with van der Waals surface area (Å²) >= 11 is 0. The van der Waals surface area contributed by atoms with Crippen molar-refractivity contribution in [3.05, 3.63) is 18.0 Å². The number of nitrogens with zero attached hydrogens (tertiary/aromatic N) is 3. The maximum atomic E-state index is 11.8. The van der Waals surface area contributed by atoms with Gasteiger partial charge in [0.05, 0.1) is 11.9 Å². The zero-order valence-electron chi connectivity index (χ0n) is 8.21. The summed E-state index contributed by atoms with van der Waals surface area (Å²) in [7, 11) is -0.415. The molecule has 0 aliphatic heterocycles. The van der Waals surface area contributed by atoms with Gasteiger partial charge in [-0.1, -0.05) is 0 Å². The van der Waals surface area contributed by atoms with Crippen LogP contribution in [0.25, 0.3) is 0 Å². The largest absolute Gasteiger partial charge is 0.322 e. The monoisotopic (exact) mass is 215 g/mol. The lowest BCUT2D eigenvalue weighted by Crippen LogP contribution is -2.30. The van der Waals surface area contributed by atoms with Crippen molar-refractivity contribution in [2.45, 2.75) is 18.8 Å². The number of rotatable bonds is 3. The predicted molar refractivity (Wildman–Crippen MR) is 52.2 cm³/mol. The van der Waals surface area contributed by atoms with Crippen LogP contribution in [-0.4, -0.2) is 36.0 Å². The maximum Gasteiger partial charge on any atom is 0.322 e. The normalized spacial score (nSPS) is 17.6. The van der Waals surface area contributed by atoms with E-state index in [-0.39, 0.29) is 0 Å². The van der Waals surface area contributed by atoms with Gasteiger partial charge in [-0.2, -0.15) is 17.8 Å². The first-order valence-electron chi connectivity index (χ1n) is 4.50. The van der Waals surface area contributed by atoms with Crippen LogP contribution in [0.5, 0.6) is 0 Å². The van der Waals surface area contributed by atoms with Gasteiger partial charge in [-0.3, -0.25) is 0 Å². The molecule has 1 aliphatic rings. The number of aromatic nitrogens is 2. The zero-order valence-corrected chi connectivity index (χ0v) is 9.03. The minimum Gasteiger partial charge on any atom is -0.189 e. The van der Waals surface area contributed by atoms with Crippen molar-refractivity contribution in [2.24, 2.45) is 0 Å². The lowest BCUT2D eigenvalue weighted by atomic mass is 10.3. The van der Waals surface area contributed by atoms with Crippen LogP contribution in [0.3, 0.4) is 0 Å². The molecule has 0 N–H and O–H groups in total. The van der Waals surface area contributed by atoms with E-state index in [0.29, 0.717) is 5.92 Å². The van der Waals surface area contributed by atoms with E-state index < -0.39 is 10.2 Å². The Kier molecular flexibility index (Phi) is 2.11. The van der Waals surface area contributed by atoms with Gasteiger partial charge >= 0.3 is 10.2 Å². The molecule has 0 amide bonds. The first-order chi connectivity index (χ1) is 6.53. The van der Waals surface area contributed by atoms with Crippen molar-refractivity contribution >= 4 is 10.2 Å². The third-order valence-electron chi connectivity index (χ3n) is 2.31. The quantitative estimate of drug-likeness (QED) is 0.734. The molecule has 1 aromatic heterocycles. The Morgan fingerprint density at radius 2 is 2.14 bits per heavy atom. The first-order valence-corrected chi connectivity index (χ1v) is 5.90. The minimum atomic E-state index is -3.43. The molecule has 1 aromatic rings. The van der Waals surface area contributed by atoms with Gasteiger partial charge in [-0.05, 0) is 18.9 Å². The Morgan fingerprint density at radius 1 is 1.50 bits per heavy atom. The van der Waals surface area contributed by atoms with Gasteiger partial charge < -0.3 is 0 Å². The van der Waals surface area contributed by atoms with Crippen LogP contribution >= 0.6 is 0 Å². The van der Waals surface area contributed by atoms with Crippen LogP contribution < -0.4 is 0 Å². The number of hydrogen-bond donors (Lipinski definition) is 0. The fraction of sp³-hybridized carbons (Fsp3) is 0.625. The Balaban J connectivity index is 2.45. The molecule has 14 heavy (non-hydrogen) atoms. The summed E-state index contributed by atoms with van der Waals surface area (Å²) in [5.74, 6) is 0.382. The molecule has 0 bridgehead atoms. The van der Waals surface area contributed by atoms with Crippen LogP contribution in [0.2, 0.25) is 0 Å². The fourth-order valence-electron chi connectivity index (χ4n) is 1.32. The highest BCUT2D eigenvalue weighted by Gasteiger charge is 2.31. The smallest absolute Gasteiger partial charge is 0.189 e. The van der Waals surface area contributed by atoms with Crippen molar-refractivity contribution in [1.29, 1.82) is 0 Å². The Bertz CT molecular complexity index is 431. The molecule has 0 atom stereocenters. The fourth-order valence-corrected chi connectivity index (χ4v) is 2.28. The molecular weight excluding hydrogens is 202 g/mol. The summed E-state index contributed by atoms with van der Waals surface area (Å²) in [4.78, 5) is 0. The first kappa shape index (κ1) is 9.67. The summed E-state index contributed by atoms with van der Waals surface area (Å²) in [6.07, 6.45) is 3.66. The van der Waals surface area contributed by atoms with Crippen molar-refractivity contribution in [1.82, 2.24) is 13.5 Å². The molecule has 1 saturated carbocycles. The second kappa shape index (κ2) is 3.06. The highest BCUT2D eigenvalue weighted by molar-refractivity contribution is 7.87. The van der Waals surface area contributed by atoms with E-state index in [2.05, 4.69) is 5.10 Å². The van der Waals surface area contributed by atoms with Gasteiger partial charge in [0.25, 0.3) is 0 Å². The molecule has 0 radical (unpaired) electrons. The second-order valence-corrected chi connectivity index (χ2v) is 5.64. The second-order valence-electron chi connectivity index (χ2n) is 3.66. The van der Waals surface area contributed by atoms with Gasteiger partial charge in [-0.25, -0.2) is 0 Å². The SMILES string of the molecule is CN(C)S(=O)(=O)n1nccc1C1CC1. The lowest BCUT2D eigenvalue weighted by Gasteiger charge is -2.13. The highest BCUT2D eigenvalue weighted by Crippen LogP contribution is 2.40. The van der Waals surface area contributed by atoms with Gasteiger partial charge in [0.1, 0.15) is 0 Å². The van der Waals surface area contributed by atoms with E-state index in [1.54, 1.807) is 6.07 Å². The highest BCUT2D eigenvalue weighted by atomic mass is 32.2. The van der Waals surface area contributed by atoms with Crippen molar-refractivity contribution in [3.63, 3.8) is 0 Å². The number of hydrogen-bond acceptors (Lipinski definition) is 3. The van der Waals surface area contributed by atoms with Crippen molar-refractivity contribution in [2.75, 3.05) is 14.1 Å². The Labute approximate surface area is 83.5 Å². The van der Waals surface area contributed by atoms with Crippen LogP contribution in [0.1, 0.15) is 24.5 Å². The van der Waals surface area contributed by atoms with Crippen LogP contribution in [0, 0.1) is 0 Å². The minimum absolute atomic E-state index is 0.382. The molecule has 6 heteroatoms. The van der Waals surface area contributed by atoms with Crippen LogP contribution in [-0.2, 0) is 10.2 Å². The summed E-state index contributed by atoms with van der Waals surface area (Å²) in [6.45, 7) is 0. The van der Waals surface area contributed by atoms with Crippen LogP contribution in [0.4, 0.5) is 0 Å². The van der Waals surface area contributed by atoms with Gasteiger partial charge in [0.2, 0.25) is 0 Å². The molecule has 0 aromatic carbocycles. The maximum absolute atomic E-state index is 11.8. The van der Waals surface area contributed by atoms with Gasteiger partial charge in [-0.15, -0.1) is 4.09 Å². The average Bonchev–Trinajstić information content (AvgIpc) is 2.83. The van der Waals surface area contributed by atoms with E-state index in [9.17, 15) is 8.42 Å². The summed E-state index contributed by atoms with van der Waals surface area (Å²) < 4.78 is 25.8. The summed E-state index contributed by atoms with van der Waals surface area (Å²) in [5, 5.41) is 3.86. The molecule has 0 spiro atoms. The summed E-state index contributed by atoms with van der Waals surface area (Å²) in [6, 6.07) is 1.78. The third kappa shape index (κ3) is 1.44. The predicted octanol–water partition coefficient (Wildman–Crippen LogP) is 0.415. The van der Waals surface area contributed by atoms with Gasteiger partial charge in [0.15, 0.2) is 0 Å². The Morgan fingerprint density at radius 3 is 2.64 bits per heavy atom. The molecule has 2 rings (SSSR count). The van der Waals surface area contributed by atoms with E-state index in [4.69, 9.17) is 0 Å². The molecule has 1 fully saturated rings. The molecule has 0 saturated heterocycles. The lowest BCUT2D eigenvalue weighted by molar-refractivity contribution is 0.501. The van der Waals surface area contributed by atoms with E-state index in [1.807, 2.05) is 0 Å². The van der Waals surface area contributed by atoms with E-state index in [0.717, 1.165) is 22.6 Å². The van der Waals surface area contributed by atoms with E-state index in [1.165, 1.54) is 24.6 Å². The van der Waals surface area contributed by atoms with Gasteiger partial charge in [0, 0.05) is 20.0 Å². The van der Waals surface area contributed by atoms with E-state index >= 15 is 0 Å². The molecule has 1 aliphatic carbocycles. The molecule has 1 heterocycles. The molecule has 5 nitrogen and oxygen atoms in total. The van der Waals surface area contributed by atoms with Crippen molar-refractivity contribution < 1.29 is 8.42 Å². The molecule has 78 valence electrons. The zero-order chi connectivity index (χ0) is 10.3.